The zero-order chi connectivity index (χ0) is 13.0. The molecule has 2 aromatic rings. The van der Waals surface area contributed by atoms with Crippen molar-refractivity contribution in [2.24, 2.45) is 10.9 Å². The first-order valence-electron chi connectivity index (χ1n) is 5.23. The Hall–Kier alpha value is -2.64. The van der Waals surface area contributed by atoms with Crippen LogP contribution in [0.15, 0.2) is 29.8 Å². The molecule has 0 atom stereocenters. The standard InChI is InChI=1S/C10H12N6O2/c1-2-18-7-5-13-16(6-7)10-12-4-3-8(14-10)9(11)15-17/h3-6,17H,2H2,1H3,(H2,11,15). The Bertz CT molecular complexity index is 565. The van der Waals surface area contributed by atoms with Gasteiger partial charge in [0.05, 0.1) is 19.0 Å². The lowest BCUT2D eigenvalue weighted by Gasteiger charge is -2.01. The molecule has 0 amide bonds. The average Bonchev–Trinajstić information content (AvgIpc) is 2.87. The summed E-state index contributed by atoms with van der Waals surface area (Å²) in [6, 6.07) is 1.53. The van der Waals surface area contributed by atoms with Gasteiger partial charge in [0.15, 0.2) is 11.6 Å². The first-order chi connectivity index (χ1) is 8.74. The summed E-state index contributed by atoms with van der Waals surface area (Å²) >= 11 is 0. The zero-order valence-electron chi connectivity index (χ0n) is 9.69. The van der Waals surface area contributed by atoms with Crippen LogP contribution in [0, 0.1) is 0 Å². The Morgan fingerprint density at radius 1 is 1.61 bits per heavy atom. The lowest BCUT2D eigenvalue weighted by Crippen LogP contribution is -2.16. The van der Waals surface area contributed by atoms with E-state index in [1.165, 1.54) is 16.9 Å². The summed E-state index contributed by atoms with van der Waals surface area (Å²) in [6.07, 6.45) is 4.70. The normalized spacial score (nSPS) is 11.5. The second kappa shape index (κ2) is 5.13. The zero-order valence-corrected chi connectivity index (χ0v) is 9.69. The number of rotatable bonds is 4. The third kappa shape index (κ3) is 2.37. The molecule has 0 bridgehead atoms. The summed E-state index contributed by atoms with van der Waals surface area (Å²) < 4.78 is 6.72. The molecular formula is C10H12N6O2. The van der Waals surface area contributed by atoms with Crippen molar-refractivity contribution in [2.45, 2.75) is 6.92 Å². The third-order valence-electron chi connectivity index (χ3n) is 2.09. The van der Waals surface area contributed by atoms with E-state index in [9.17, 15) is 0 Å². The first kappa shape index (κ1) is 11.8. The number of oxime groups is 1. The molecule has 8 nitrogen and oxygen atoms in total. The molecular weight excluding hydrogens is 236 g/mol. The Kier molecular flexibility index (Phi) is 3.37. The van der Waals surface area contributed by atoms with E-state index in [4.69, 9.17) is 15.7 Å². The molecule has 94 valence electrons. The van der Waals surface area contributed by atoms with Crippen molar-refractivity contribution in [1.29, 1.82) is 0 Å². The van der Waals surface area contributed by atoms with E-state index in [2.05, 4.69) is 20.2 Å². The number of amidine groups is 1. The van der Waals surface area contributed by atoms with Crippen LogP contribution in [0.4, 0.5) is 0 Å². The maximum atomic E-state index is 8.58. The van der Waals surface area contributed by atoms with Gasteiger partial charge in [0.1, 0.15) is 5.69 Å². The Labute approximate surface area is 103 Å². The topological polar surface area (TPSA) is 111 Å². The van der Waals surface area contributed by atoms with Crippen molar-refractivity contribution in [1.82, 2.24) is 19.7 Å². The van der Waals surface area contributed by atoms with Crippen molar-refractivity contribution in [3.05, 3.63) is 30.4 Å². The fraction of sp³-hybridized carbons (Fsp3) is 0.200. The van der Waals surface area contributed by atoms with Crippen LogP contribution in [0.25, 0.3) is 5.95 Å². The highest BCUT2D eigenvalue weighted by Gasteiger charge is 2.07. The molecule has 2 aromatic heterocycles. The Morgan fingerprint density at radius 3 is 3.17 bits per heavy atom. The second-order valence-corrected chi connectivity index (χ2v) is 3.28. The van der Waals surface area contributed by atoms with E-state index in [1.807, 2.05) is 6.92 Å². The van der Waals surface area contributed by atoms with Crippen LogP contribution in [0.1, 0.15) is 12.6 Å². The van der Waals surface area contributed by atoms with Crippen molar-refractivity contribution >= 4 is 5.84 Å². The molecule has 0 aliphatic heterocycles. The molecule has 2 heterocycles. The minimum Gasteiger partial charge on any atom is -0.491 e. The fourth-order valence-electron chi connectivity index (χ4n) is 1.31. The van der Waals surface area contributed by atoms with Crippen LogP contribution in [0.3, 0.4) is 0 Å². The number of hydrogen-bond acceptors (Lipinski definition) is 6. The van der Waals surface area contributed by atoms with E-state index in [0.29, 0.717) is 24.0 Å². The minimum atomic E-state index is -0.0872. The van der Waals surface area contributed by atoms with E-state index >= 15 is 0 Å². The smallest absolute Gasteiger partial charge is 0.251 e. The summed E-state index contributed by atoms with van der Waals surface area (Å²) in [5, 5.41) is 15.5. The molecule has 0 aromatic carbocycles. The van der Waals surface area contributed by atoms with E-state index in [0.717, 1.165) is 0 Å². The van der Waals surface area contributed by atoms with Crippen LogP contribution in [0.2, 0.25) is 0 Å². The maximum absolute atomic E-state index is 8.58. The molecule has 0 aliphatic rings. The van der Waals surface area contributed by atoms with Crippen molar-refractivity contribution in [3.63, 3.8) is 0 Å². The van der Waals surface area contributed by atoms with Crippen LogP contribution in [0.5, 0.6) is 5.75 Å². The highest BCUT2D eigenvalue weighted by Crippen LogP contribution is 2.10. The van der Waals surface area contributed by atoms with Gasteiger partial charge in [0.25, 0.3) is 5.95 Å². The van der Waals surface area contributed by atoms with Gasteiger partial charge in [-0.15, -0.1) is 0 Å². The van der Waals surface area contributed by atoms with Crippen LogP contribution in [-0.4, -0.2) is 37.4 Å². The van der Waals surface area contributed by atoms with Crippen LogP contribution in [-0.2, 0) is 0 Å². The van der Waals surface area contributed by atoms with Gasteiger partial charge < -0.3 is 15.7 Å². The van der Waals surface area contributed by atoms with E-state index in [-0.39, 0.29) is 5.84 Å². The molecule has 0 radical (unpaired) electrons. The fourth-order valence-corrected chi connectivity index (χ4v) is 1.31. The summed E-state index contributed by atoms with van der Waals surface area (Å²) in [6.45, 7) is 2.43. The summed E-state index contributed by atoms with van der Waals surface area (Å²) in [5.41, 5.74) is 5.77. The van der Waals surface area contributed by atoms with E-state index in [1.54, 1.807) is 12.4 Å². The molecule has 0 fully saturated rings. The van der Waals surface area contributed by atoms with Crippen LogP contribution >= 0.6 is 0 Å². The Morgan fingerprint density at radius 2 is 2.44 bits per heavy atom. The Balaban J connectivity index is 2.32. The summed E-state index contributed by atoms with van der Waals surface area (Å²) in [7, 11) is 0. The van der Waals surface area contributed by atoms with Gasteiger partial charge in [-0.1, -0.05) is 5.16 Å². The number of aromatic nitrogens is 4. The molecule has 0 spiro atoms. The van der Waals surface area contributed by atoms with E-state index < -0.39 is 0 Å². The van der Waals surface area contributed by atoms with Gasteiger partial charge in [-0.2, -0.15) is 5.10 Å². The quantitative estimate of drug-likeness (QED) is 0.345. The lowest BCUT2D eigenvalue weighted by atomic mass is 10.4. The number of nitrogens with zero attached hydrogens (tertiary/aromatic N) is 5. The van der Waals surface area contributed by atoms with Gasteiger partial charge in [-0.3, -0.25) is 0 Å². The molecule has 0 aliphatic carbocycles. The van der Waals surface area contributed by atoms with Crippen molar-refractivity contribution in [3.8, 4) is 11.7 Å². The SMILES string of the molecule is CCOc1cnn(-c2nccc(/C(N)=N/O)n2)c1. The van der Waals surface area contributed by atoms with Gasteiger partial charge in [-0.05, 0) is 13.0 Å². The number of nitrogens with two attached hydrogens (primary N) is 1. The number of hydrogen-bond donors (Lipinski definition) is 2. The summed E-state index contributed by atoms with van der Waals surface area (Å²) in [4.78, 5) is 8.15. The maximum Gasteiger partial charge on any atom is 0.251 e. The first-order valence-corrected chi connectivity index (χ1v) is 5.23. The molecule has 0 unspecified atom stereocenters. The predicted octanol–water partition coefficient (Wildman–Crippen LogP) is 0.155. The van der Waals surface area contributed by atoms with Crippen molar-refractivity contribution in [2.75, 3.05) is 6.61 Å². The van der Waals surface area contributed by atoms with Gasteiger partial charge in [-0.25, -0.2) is 14.6 Å². The van der Waals surface area contributed by atoms with Gasteiger partial charge in [0, 0.05) is 6.20 Å². The largest absolute Gasteiger partial charge is 0.491 e. The molecule has 18 heavy (non-hydrogen) atoms. The van der Waals surface area contributed by atoms with Crippen LogP contribution < -0.4 is 10.5 Å². The minimum absolute atomic E-state index is 0.0872. The molecule has 3 N–H and O–H groups in total. The monoisotopic (exact) mass is 248 g/mol. The highest BCUT2D eigenvalue weighted by atomic mass is 16.5. The van der Waals surface area contributed by atoms with Gasteiger partial charge in [0.2, 0.25) is 0 Å². The van der Waals surface area contributed by atoms with Gasteiger partial charge >= 0.3 is 0 Å². The third-order valence-corrected chi connectivity index (χ3v) is 2.09. The van der Waals surface area contributed by atoms with Crippen molar-refractivity contribution < 1.29 is 9.94 Å². The molecule has 0 saturated carbocycles. The molecule has 8 heteroatoms. The number of ether oxygens (including phenoxy) is 1. The lowest BCUT2D eigenvalue weighted by molar-refractivity contribution is 0.318. The molecule has 0 saturated heterocycles. The average molecular weight is 248 g/mol. The summed E-state index contributed by atoms with van der Waals surface area (Å²) in [5.74, 6) is 0.844. The molecule has 2 rings (SSSR count). The second-order valence-electron chi connectivity index (χ2n) is 3.28. The highest BCUT2D eigenvalue weighted by molar-refractivity contribution is 5.95. The predicted molar refractivity (Wildman–Crippen MR) is 62.8 cm³/mol.